The highest BCUT2D eigenvalue weighted by atomic mass is 79.9. The van der Waals surface area contributed by atoms with Gasteiger partial charge in [-0.05, 0) is 19.4 Å². The van der Waals surface area contributed by atoms with Gasteiger partial charge in [0.15, 0.2) is 0 Å². The molecule has 5 heteroatoms. The van der Waals surface area contributed by atoms with Crippen LogP contribution in [0.25, 0.3) is 0 Å². The van der Waals surface area contributed by atoms with E-state index in [1.807, 2.05) is 0 Å². The van der Waals surface area contributed by atoms with Gasteiger partial charge in [0.25, 0.3) is 0 Å². The van der Waals surface area contributed by atoms with Gasteiger partial charge < -0.3 is 10.5 Å². The average Bonchev–Trinajstić information content (AvgIpc) is 2.12. The number of carbonyl (C=O) groups is 2. The van der Waals surface area contributed by atoms with Crippen molar-refractivity contribution in [3.63, 3.8) is 0 Å². The van der Waals surface area contributed by atoms with Crippen molar-refractivity contribution in [3.05, 3.63) is 0 Å². The summed E-state index contributed by atoms with van der Waals surface area (Å²) in [7, 11) is 0. The zero-order valence-corrected chi connectivity index (χ0v) is 9.01. The van der Waals surface area contributed by atoms with Crippen molar-refractivity contribution in [1.29, 1.82) is 0 Å². The number of nitrogens with two attached hydrogens (primary N) is 1. The molecule has 0 aliphatic heterocycles. The molecule has 0 aromatic heterocycles. The van der Waals surface area contributed by atoms with E-state index < -0.39 is 11.9 Å². The number of esters is 2. The molecule has 0 atom stereocenters. The molecular formula is C8H14BrNO3. The summed E-state index contributed by atoms with van der Waals surface area (Å²) in [6.07, 6.45) is 2.82. The Hall–Kier alpha value is -0.420. The van der Waals surface area contributed by atoms with Crippen LogP contribution in [0.15, 0.2) is 0 Å². The van der Waals surface area contributed by atoms with E-state index in [1.165, 1.54) is 0 Å². The number of unbranched alkanes of at least 4 members (excludes halogenated alkanes) is 2. The van der Waals surface area contributed by atoms with Gasteiger partial charge in [0.05, 0.1) is 0 Å². The Balaban J connectivity index is 3.35. The first-order valence-electron chi connectivity index (χ1n) is 4.20. The van der Waals surface area contributed by atoms with E-state index in [0.717, 1.165) is 19.3 Å². The van der Waals surface area contributed by atoms with Crippen LogP contribution in [0.2, 0.25) is 0 Å². The predicted octanol–water partition coefficient (Wildman–Crippen LogP) is 0.970. The molecule has 0 amide bonds. The first-order chi connectivity index (χ1) is 6.20. The van der Waals surface area contributed by atoms with Crippen molar-refractivity contribution in [3.8, 4) is 0 Å². The Labute approximate surface area is 85.9 Å². The number of hydrogen-bond acceptors (Lipinski definition) is 4. The summed E-state index contributed by atoms with van der Waals surface area (Å²) in [5.74, 6) is -0.995. The van der Waals surface area contributed by atoms with Gasteiger partial charge in [-0.3, -0.25) is 9.59 Å². The smallest absolute Gasteiger partial charge is 0.324 e. The zero-order valence-electron chi connectivity index (χ0n) is 7.42. The maximum atomic E-state index is 10.9. The van der Waals surface area contributed by atoms with Crippen LogP contribution in [-0.2, 0) is 14.3 Å². The summed E-state index contributed by atoms with van der Waals surface area (Å²) >= 11 is 2.89. The molecule has 0 heterocycles. The second-order valence-electron chi connectivity index (χ2n) is 2.58. The molecule has 0 aliphatic carbocycles. The van der Waals surface area contributed by atoms with Crippen LogP contribution in [0.1, 0.15) is 25.7 Å². The largest absolute Gasteiger partial charge is 0.393 e. The van der Waals surface area contributed by atoms with Crippen LogP contribution >= 0.6 is 15.9 Å². The van der Waals surface area contributed by atoms with E-state index in [2.05, 4.69) is 20.7 Å². The van der Waals surface area contributed by atoms with Crippen LogP contribution in [0.3, 0.4) is 0 Å². The topological polar surface area (TPSA) is 69.4 Å². The summed E-state index contributed by atoms with van der Waals surface area (Å²) in [5, 5.41) is 0.0571. The molecule has 0 aliphatic rings. The van der Waals surface area contributed by atoms with E-state index in [4.69, 9.17) is 5.73 Å². The summed E-state index contributed by atoms with van der Waals surface area (Å²) in [4.78, 5) is 21.5. The third kappa shape index (κ3) is 7.93. The summed E-state index contributed by atoms with van der Waals surface area (Å²) in [6, 6.07) is 0. The maximum Gasteiger partial charge on any atom is 0.324 e. The number of alkyl halides is 1. The summed E-state index contributed by atoms with van der Waals surface area (Å²) in [6.45, 7) is 0.634. The second kappa shape index (κ2) is 8.19. The Kier molecular flexibility index (Phi) is 7.93. The van der Waals surface area contributed by atoms with E-state index in [9.17, 15) is 9.59 Å². The Morgan fingerprint density at radius 3 is 2.38 bits per heavy atom. The lowest BCUT2D eigenvalue weighted by Gasteiger charge is -2.00. The van der Waals surface area contributed by atoms with Crippen molar-refractivity contribution in [2.24, 2.45) is 5.73 Å². The second-order valence-corrected chi connectivity index (χ2v) is 3.14. The Bertz CT molecular complexity index is 173. The molecule has 2 N–H and O–H groups in total. The van der Waals surface area contributed by atoms with Gasteiger partial charge in [0, 0.05) is 6.42 Å². The van der Waals surface area contributed by atoms with Crippen LogP contribution in [0.5, 0.6) is 0 Å². The molecule has 0 fully saturated rings. The molecular weight excluding hydrogens is 238 g/mol. The third-order valence-corrected chi connectivity index (χ3v) is 1.88. The third-order valence-electron chi connectivity index (χ3n) is 1.42. The number of ether oxygens (including phenoxy) is 1. The maximum absolute atomic E-state index is 10.9. The highest BCUT2D eigenvalue weighted by molar-refractivity contribution is 9.09. The van der Waals surface area contributed by atoms with Crippen molar-refractivity contribution in [2.75, 3.05) is 11.9 Å². The lowest BCUT2D eigenvalue weighted by Crippen LogP contribution is -2.12. The van der Waals surface area contributed by atoms with Crippen LogP contribution in [0.4, 0.5) is 0 Å². The molecule has 0 unspecified atom stereocenters. The monoisotopic (exact) mass is 251 g/mol. The van der Waals surface area contributed by atoms with Gasteiger partial charge in [-0.1, -0.05) is 22.4 Å². The van der Waals surface area contributed by atoms with Crippen molar-refractivity contribution < 1.29 is 14.3 Å². The van der Waals surface area contributed by atoms with Gasteiger partial charge in [0.1, 0.15) is 5.33 Å². The van der Waals surface area contributed by atoms with Crippen LogP contribution in [0, 0.1) is 0 Å². The fourth-order valence-electron chi connectivity index (χ4n) is 0.796. The molecule has 4 nitrogen and oxygen atoms in total. The lowest BCUT2D eigenvalue weighted by atomic mass is 10.2. The van der Waals surface area contributed by atoms with Crippen LogP contribution in [-0.4, -0.2) is 23.8 Å². The predicted molar refractivity (Wildman–Crippen MR) is 52.4 cm³/mol. The van der Waals surface area contributed by atoms with Gasteiger partial charge in [-0.15, -0.1) is 0 Å². The van der Waals surface area contributed by atoms with E-state index >= 15 is 0 Å². The molecule has 0 aromatic rings. The number of rotatable bonds is 6. The minimum absolute atomic E-state index is 0.0571. The number of carbonyl (C=O) groups excluding carboxylic acids is 2. The van der Waals surface area contributed by atoms with Crippen molar-refractivity contribution >= 4 is 27.9 Å². The van der Waals surface area contributed by atoms with E-state index in [0.29, 0.717) is 13.0 Å². The molecule has 0 spiro atoms. The van der Waals surface area contributed by atoms with Crippen molar-refractivity contribution in [2.45, 2.75) is 25.7 Å². The number of halogens is 1. The molecule has 13 heavy (non-hydrogen) atoms. The van der Waals surface area contributed by atoms with Crippen molar-refractivity contribution in [1.82, 2.24) is 0 Å². The first-order valence-corrected chi connectivity index (χ1v) is 5.32. The van der Waals surface area contributed by atoms with Crippen LogP contribution < -0.4 is 5.73 Å². The normalized spacial score (nSPS) is 9.69. The fourth-order valence-corrected chi connectivity index (χ4v) is 0.910. The lowest BCUT2D eigenvalue weighted by molar-refractivity contribution is -0.157. The van der Waals surface area contributed by atoms with Gasteiger partial charge in [0.2, 0.25) is 0 Å². The summed E-state index contributed by atoms with van der Waals surface area (Å²) in [5.41, 5.74) is 5.27. The molecule has 0 bridgehead atoms. The van der Waals surface area contributed by atoms with E-state index in [-0.39, 0.29) is 5.33 Å². The quantitative estimate of drug-likeness (QED) is 0.331. The molecule has 0 rings (SSSR count). The highest BCUT2D eigenvalue weighted by Crippen LogP contribution is 2.00. The minimum Gasteiger partial charge on any atom is -0.393 e. The van der Waals surface area contributed by atoms with E-state index in [1.54, 1.807) is 0 Å². The average molecular weight is 252 g/mol. The standard InChI is InChI=1S/C8H14BrNO3/c9-6-8(12)13-7(11)4-2-1-3-5-10/h1-6,10H2. The van der Waals surface area contributed by atoms with Gasteiger partial charge >= 0.3 is 11.9 Å². The molecule has 0 saturated carbocycles. The zero-order chi connectivity index (χ0) is 10.1. The Morgan fingerprint density at radius 2 is 1.85 bits per heavy atom. The SMILES string of the molecule is NCCCCCC(=O)OC(=O)CBr. The minimum atomic E-state index is -0.538. The van der Waals surface area contributed by atoms with Gasteiger partial charge in [-0.2, -0.15) is 0 Å². The number of hydrogen-bond donors (Lipinski definition) is 1. The molecule has 0 saturated heterocycles. The Morgan fingerprint density at radius 1 is 1.15 bits per heavy atom. The highest BCUT2D eigenvalue weighted by Gasteiger charge is 2.07. The summed E-state index contributed by atoms with van der Waals surface area (Å²) < 4.78 is 4.42. The van der Waals surface area contributed by atoms with Gasteiger partial charge in [-0.25, -0.2) is 0 Å². The molecule has 0 radical (unpaired) electrons. The molecule has 76 valence electrons. The molecule has 0 aromatic carbocycles. The fraction of sp³-hybridized carbons (Fsp3) is 0.750. The first kappa shape index (κ1) is 12.6.